The smallest absolute Gasteiger partial charge is 0.409 e. The Hall–Kier alpha value is -1.79. The molecule has 0 aromatic rings. The summed E-state index contributed by atoms with van der Waals surface area (Å²) in [6.07, 6.45) is 0.330. The molecule has 7 nitrogen and oxygen atoms in total. The molecule has 0 radical (unpaired) electrons. The zero-order chi connectivity index (χ0) is 13.3. The minimum absolute atomic E-state index is 0.0596. The van der Waals surface area contributed by atoms with Crippen LogP contribution in [0.1, 0.15) is 12.8 Å². The molecule has 2 amide bonds. The molecule has 2 unspecified atom stereocenters. The van der Waals surface area contributed by atoms with Gasteiger partial charge in [0.25, 0.3) is 0 Å². The number of nitrogens with zero attached hydrogens (tertiary/aromatic N) is 2. The van der Waals surface area contributed by atoms with Crippen molar-refractivity contribution in [3.05, 3.63) is 0 Å². The third kappa shape index (κ3) is 2.25. The van der Waals surface area contributed by atoms with E-state index in [-0.39, 0.29) is 24.9 Å². The van der Waals surface area contributed by atoms with Crippen LogP contribution in [0.15, 0.2) is 0 Å². The van der Waals surface area contributed by atoms with Crippen molar-refractivity contribution in [1.29, 1.82) is 0 Å². The number of methoxy groups -OCH3 is 1. The number of aliphatic carboxylic acids is 1. The van der Waals surface area contributed by atoms with Crippen LogP contribution in [-0.2, 0) is 14.3 Å². The highest BCUT2D eigenvalue weighted by Crippen LogP contribution is 2.25. The molecule has 7 heteroatoms. The SMILES string of the molecule is COC(=O)N1CCC(N2CC(C(=O)O)CC2=O)C1. The molecule has 2 saturated heterocycles. The Morgan fingerprint density at radius 3 is 2.67 bits per heavy atom. The van der Waals surface area contributed by atoms with Crippen molar-refractivity contribution in [3.8, 4) is 0 Å². The van der Waals surface area contributed by atoms with E-state index in [0.29, 0.717) is 19.5 Å². The topological polar surface area (TPSA) is 87.2 Å². The van der Waals surface area contributed by atoms with Gasteiger partial charge in [-0.3, -0.25) is 9.59 Å². The molecule has 0 saturated carbocycles. The quantitative estimate of drug-likeness (QED) is 0.736. The molecule has 100 valence electrons. The molecule has 2 rings (SSSR count). The molecule has 18 heavy (non-hydrogen) atoms. The lowest BCUT2D eigenvalue weighted by molar-refractivity contribution is -0.141. The highest BCUT2D eigenvalue weighted by atomic mass is 16.5. The van der Waals surface area contributed by atoms with Crippen LogP contribution in [0.2, 0.25) is 0 Å². The molecular weight excluding hydrogens is 240 g/mol. The van der Waals surface area contributed by atoms with Crippen molar-refractivity contribution in [1.82, 2.24) is 9.80 Å². The van der Waals surface area contributed by atoms with Crippen LogP contribution in [0.25, 0.3) is 0 Å². The Morgan fingerprint density at radius 2 is 2.11 bits per heavy atom. The Labute approximate surface area is 104 Å². The fourth-order valence-corrected chi connectivity index (χ4v) is 2.54. The Kier molecular flexibility index (Phi) is 3.40. The zero-order valence-electron chi connectivity index (χ0n) is 10.2. The Bertz CT molecular complexity index is 384. The summed E-state index contributed by atoms with van der Waals surface area (Å²) >= 11 is 0. The molecular formula is C11H16N2O5. The Morgan fingerprint density at radius 1 is 1.39 bits per heavy atom. The van der Waals surface area contributed by atoms with Gasteiger partial charge in [0.2, 0.25) is 5.91 Å². The van der Waals surface area contributed by atoms with Crippen molar-refractivity contribution >= 4 is 18.0 Å². The second kappa shape index (κ2) is 4.83. The summed E-state index contributed by atoms with van der Waals surface area (Å²) in [6, 6.07) is -0.0825. The highest BCUT2D eigenvalue weighted by Gasteiger charge is 2.41. The average molecular weight is 256 g/mol. The van der Waals surface area contributed by atoms with Gasteiger partial charge in [0.15, 0.2) is 0 Å². The maximum absolute atomic E-state index is 11.8. The fraction of sp³-hybridized carbons (Fsp3) is 0.727. The van der Waals surface area contributed by atoms with Crippen LogP contribution in [0.5, 0.6) is 0 Å². The molecule has 2 heterocycles. The van der Waals surface area contributed by atoms with Gasteiger partial charge in [-0.05, 0) is 6.42 Å². The minimum atomic E-state index is -0.936. The number of carbonyl (C=O) groups is 3. The Balaban J connectivity index is 1.96. The van der Waals surface area contributed by atoms with Crippen LogP contribution in [-0.4, -0.2) is 65.7 Å². The van der Waals surface area contributed by atoms with E-state index in [4.69, 9.17) is 5.11 Å². The summed E-state index contributed by atoms with van der Waals surface area (Å²) in [7, 11) is 1.32. The lowest BCUT2D eigenvalue weighted by Crippen LogP contribution is -2.40. The van der Waals surface area contributed by atoms with Gasteiger partial charge >= 0.3 is 12.1 Å². The summed E-state index contributed by atoms with van der Waals surface area (Å²) in [4.78, 5) is 37.1. The molecule has 2 atom stereocenters. The average Bonchev–Trinajstić information content (AvgIpc) is 2.94. The summed E-state index contributed by atoms with van der Waals surface area (Å²) in [5.41, 5.74) is 0. The largest absolute Gasteiger partial charge is 0.481 e. The first kappa shape index (κ1) is 12.7. The van der Waals surface area contributed by atoms with E-state index in [0.717, 1.165) is 0 Å². The van der Waals surface area contributed by atoms with Gasteiger partial charge in [0.1, 0.15) is 0 Å². The van der Waals surface area contributed by atoms with E-state index in [1.54, 1.807) is 4.90 Å². The number of likely N-dealkylation sites (tertiary alicyclic amines) is 2. The second-order valence-electron chi connectivity index (χ2n) is 4.64. The normalized spacial score (nSPS) is 27.7. The van der Waals surface area contributed by atoms with Gasteiger partial charge in [0.05, 0.1) is 19.1 Å². The molecule has 0 aromatic heterocycles. The number of hydrogen-bond donors (Lipinski definition) is 1. The first-order valence-corrected chi connectivity index (χ1v) is 5.88. The summed E-state index contributed by atoms with van der Waals surface area (Å²) in [5.74, 6) is -1.70. The number of carbonyl (C=O) groups excluding carboxylic acids is 2. The van der Waals surface area contributed by atoms with Gasteiger partial charge in [-0.15, -0.1) is 0 Å². The fourth-order valence-electron chi connectivity index (χ4n) is 2.54. The molecule has 1 N–H and O–H groups in total. The van der Waals surface area contributed by atoms with Gasteiger partial charge in [-0.1, -0.05) is 0 Å². The van der Waals surface area contributed by atoms with Crippen molar-refractivity contribution in [2.75, 3.05) is 26.7 Å². The molecule has 2 aliphatic rings. The van der Waals surface area contributed by atoms with Crippen LogP contribution >= 0.6 is 0 Å². The first-order chi connectivity index (χ1) is 8.52. The summed E-state index contributed by atoms with van der Waals surface area (Å²) < 4.78 is 4.62. The second-order valence-corrected chi connectivity index (χ2v) is 4.64. The molecule has 0 spiro atoms. The van der Waals surface area contributed by atoms with Crippen molar-refractivity contribution in [2.24, 2.45) is 5.92 Å². The van der Waals surface area contributed by atoms with Crippen LogP contribution in [0.4, 0.5) is 4.79 Å². The molecule has 2 aliphatic heterocycles. The number of carboxylic acids is 1. The van der Waals surface area contributed by atoms with E-state index in [9.17, 15) is 14.4 Å². The predicted octanol–water partition coefficient (Wildman–Crippen LogP) is -0.240. The molecule has 0 bridgehead atoms. The van der Waals surface area contributed by atoms with Gasteiger partial charge in [0, 0.05) is 26.1 Å². The lowest BCUT2D eigenvalue weighted by Gasteiger charge is -2.24. The van der Waals surface area contributed by atoms with Crippen LogP contribution < -0.4 is 0 Å². The standard InChI is InChI=1S/C11H16N2O5/c1-18-11(17)12-3-2-8(6-12)13-5-7(10(15)16)4-9(13)14/h7-8H,2-6H2,1H3,(H,15,16). The number of ether oxygens (including phenoxy) is 1. The first-order valence-electron chi connectivity index (χ1n) is 5.88. The monoisotopic (exact) mass is 256 g/mol. The van der Waals surface area contributed by atoms with Crippen molar-refractivity contribution < 1.29 is 24.2 Å². The summed E-state index contributed by atoms with van der Waals surface area (Å²) in [6.45, 7) is 1.21. The highest BCUT2D eigenvalue weighted by molar-refractivity contribution is 5.86. The van der Waals surface area contributed by atoms with Gasteiger partial charge < -0.3 is 19.6 Å². The van der Waals surface area contributed by atoms with Crippen molar-refractivity contribution in [2.45, 2.75) is 18.9 Å². The van der Waals surface area contributed by atoms with Crippen LogP contribution in [0, 0.1) is 5.92 Å². The maximum atomic E-state index is 11.8. The van der Waals surface area contributed by atoms with Crippen molar-refractivity contribution in [3.63, 3.8) is 0 Å². The van der Waals surface area contributed by atoms with E-state index in [2.05, 4.69) is 4.74 Å². The van der Waals surface area contributed by atoms with Gasteiger partial charge in [-0.25, -0.2) is 4.79 Å². The van der Waals surface area contributed by atoms with E-state index in [1.807, 2.05) is 0 Å². The third-order valence-corrected chi connectivity index (χ3v) is 3.54. The number of carboxylic acid groups (broad SMARTS) is 1. The van der Waals surface area contributed by atoms with Gasteiger partial charge in [-0.2, -0.15) is 0 Å². The number of hydrogen-bond acceptors (Lipinski definition) is 4. The van der Waals surface area contributed by atoms with E-state index < -0.39 is 18.0 Å². The molecule has 0 aliphatic carbocycles. The number of rotatable bonds is 2. The third-order valence-electron chi connectivity index (χ3n) is 3.54. The predicted molar refractivity (Wildman–Crippen MR) is 59.8 cm³/mol. The summed E-state index contributed by atoms with van der Waals surface area (Å²) in [5, 5.41) is 8.91. The zero-order valence-corrected chi connectivity index (χ0v) is 10.2. The number of amides is 2. The van der Waals surface area contributed by atoms with E-state index in [1.165, 1.54) is 12.0 Å². The maximum Gasteiger partial charge on any atom is 0.409 e. The molecule has 0 aromatic carbocycles. The van der Waals surface area contributed by atoms with E-state index >= 15 is 0 Å². The van der Waals surface area contributed by atoms with Crippen LogP contribution in [0.3, 0.4) is 0 Å². The lowest BCUT2D eigenvalue weighted by atomic mass is 10.1. The minimum Gasteiger partial charge on any atom is -0.481 e. The molecule has 2 fully saturated rings.